The van der Waals surface area contributed by atoms with Crippen LogP contribution in [0.4, 0.5) is 0 Å². The van der Waals surface area contributed by atoms with E-state index in [1.807, 2.05) is 12.1 Å². The van der Waals surface area contributed by atoms with Crippen molar-refractivity contribution in [3.05, 3.63) is 76.6 Å². The molecule has 130 valence electrons. The van der Waals surface area contributed by atoms with E-state index in [1.54, 1.807) is 43.6 Å². The van der Waals surface area contributed by atoms with E-state index in [9.17, 15) is 14.4 Å². The zero-order chi connectivity index (χ0) is 18.3. The molecule has 1 aromatic carbocycles. The van der Waals surface area contributed by atoms with Crippen molar-refractivity contribution in [3.63, 3.8) is 0 Å². The molecule has 0 radical (unpaired) electrons. The zero-order valence-electron chi connectivity index (χ0n) is 14.6. The first-order chi connectivity index (χ1) is 12.6. The van der Waals surface area contributed by atoms with Crippen molar-refractivity contribution in [1.29, 1.82) is 0 Å². The van der Waals surface area contributed by atoms with E-state index in [0.717, 1.165) is 12.0 Å². The molecule has 0 fully saturated rings. The first-order valence-corrected chi connectivity index (χ1v) is 8.92. The van der Waals surface area contributed by atoms with Gasteiger partial charge in [-0.05, 0) is 36.5 Å². The zero-order valence-corrected chi connectivity index (χ0v) is 14.6. The smallest absolute Gasteiger partial charge is 0.190 e. The van der Waals surface area contributed by atoms with Gasteiger partial charge >= 0.3 is 0 Å². The number of fused-ring (bicyclic) bond motifs is 1. The molecule has 4 rings (SSSR count). The third-order valence-corrected chi connectivity index (χ3v) is 5.50. The van der Waals surface area contributed by atoms with Crippen LogP contribution in [0.2, 0.25) is 0 Å². The van der Waals surface area contributed by atoms with Crippen LogP contribution in [0, 0.1) is 11.8 Å². The Hall–Kier alpha value is -2.88. The molecule has 0 N–H and O–H groups in total. The van der Waals surface area contributed by atoms with E-state index in [0.29, 0.717) is 35.1 Å². The fourth-order valence-electron chi connectivity index (χ4n) is 4.07. The summed E-state index contributed by atoms with van der Waals surface area (Å²) in [6.07, 6.45) is 5.21. The quantitative estimate of drug-likeness (QED) is 0.852. The average Bonchev–Trinajstić information content (AvgIpc) is 2.67. The predicted molar refractivity (Wildman–Crippen MR) is 97.0 cm³/mol. The maximum Gasteiger partial charge on any atom is 0.190 e. The van der Waals surface area contributed by atoms with Gasteiger partial charge in [-0.1, -0.05) is 31.2 Å². The maximum absolute atomic E-state index is 13.1. The van der Waals surface area contributed by atoms with Gasteiger partial charge in [-0.15, -0.1) is 0 Å². The Morgan fingerprint density at radius 1 is 0.923 bits per heavy atom. The normalized spacial score (nSPS) is 22.3. The monoisotopic (exact) mass is 345 g/mol. The summed E-state index contributed by atoms with van der Waals surface area (Å²) in [5.74, 6) is -0.915. The highest BCUT2D eigenvalue weighted by molar-refractivity contribution is 6.29. The van der Waals surface area contributed by atoms with Gasteiger partial charge in [-0.3, -0.25) is 19.4 Å². The second-order valence-corrected chi connectivity index (χ2v) is 7.01. The number of carbonyl (C=O) groups is 3. The lowest BCUT2D eigenvalue weighted by Gasteiger charge is -2.33. The molecule has 1 heterocycles. The summed E-state index contributed by atoms with van der Waals surface area (Å²) in [4.78, 5) is 42.7. The van der Waals surface area contributed by atoms with E-state index in [2.05, 4.69) is 4.98 Å². The van der Waals surface area contributed by atoms with Gasteiger partial charge < -0.3 is 0 Å². The van der Waals surface area contributed by atoms with Crippen LogP contribution < -0.4 is 0 Å². The number of Topliss-reactive ketones (excluding diaryl/α,β-unsaturated/α-hetero) is 3. The Labute approximate surface area is 152 Å². The van der Waals surface area contributed by atoms with E-state index in [4.69, 9.17) is 0 Å². The molecule has 0 amide bonds. The molecule has 1 aromatic heterocycles. The molecule has 2 aliphatic carbocycles. The number of hydrogen-bond acceptors (Lipinski definition) is 4. The van der Waals surface area contributed by atoms with E-state index in [1.165, 1.54) is 0 Å². The van der Waals surface area contributed by atoms with Crippen LogP contribution in [0.5, 0.6) is 0 Å². The van der Waals surface area contributed by atoms with E-state index in [-0.39, 0.29) is 23.3 Å². The number of hydrogen-bond donors (Lipinski definition) is 0. The number of allylic oxidation sites excluding steroid dienone is 2. The minimum absolute atomic E-state index is 0.0454. The van der Waals surface area contributed by atoms with Gasteiger partial charge in [0.25, 0.3) is 0 Å². The minimum atomic E-state index is -0.507. The van der Waals surface area contributed by atoms with Crippen LogP contribution in [0.1, 0.15) is 46.0 Å². The summed E-state index contributed by atoms with van der Waals surface area (Å²) < 4.78 is 0. The predicted octanol–water partition coefficient (Wildman–Crippen LogP) is 3.62. The van der Waals surface area contributed by atoms with Crippen LogP contribution in [0.25, 0.3) is 0 Å². The fraction of sp³-hybridized carbons (Fsp3) is 0.273. The highest BCUT2D eigenvalue weighted by Crippen LogP contribution is 2.41. The van der Waals surface area contributed by atoms with Gasteiger partial charge in [0.15, 0.2) is 11.6 Å². The van der Waals surface area contributed by atoms with E-state index < -0.39 is 5.92 Å². The Balaban J connectivity index is 1.74. The molecule has 2 unspecified atom stereocenters. The summed E-state index contributed by atoms with van der Waals surface area (Å²) in [5.41, 5.74) is 2.99. The van der Waals surface area contributed by atoms with Gasteiger partial charge in [0, 0.05) is 47.0 Å². The summed E-state index contributed by atoms with van der Waals surface area (Å²) in [7, 11) is 0. The Morgan fingerprint density at radius 3 is 2.19 bits per heavy atom. The number of aryl methyl sites for hydroxylation is 1. The molecule has 0 spiro atoms. The largest absolute Gasteiger partial charge is 0.299 e. The molecule has 4 nitrogen and oxygen atoms in total. The van der Waals surface area contributed by atoms with Gasteiger partial charge in [0.05, 0.1) is 0 Å². The summed E-state index contributed by atoms with van der Waals surface area (Å²) in [5, 5.41) is 0. The topological polar surface area (TPSA) is 64.1 Å². The summed E-state index contributed by atoms with van der Waals surface area (Å²) in [6.45, 7) is 1.75. The van der Waals surface area contributed by atoms with Crippen LogP contribution in [0.15, 0.2) is 59.9 Å². The number of pyridine rings is 1. The van der Waals surface area contributed by atoms with Gasteiger partial charge in [-0.2, -0.15) is 0 Å². The molecule has 2 aliphatic rings. The van der Waals surface area contributed by atoms with Crippen molar-refractivity contribution >= 4 is 17.3 Å². The Morgan fingerprint density at radius 2 is 1.54 bits per heavy atom. The molecule has 2 atom stereocenters. The average molecular weight is 345 g/mol. The summed E-state index contributed by atoms with van der Waals surface area (Å²) in [6, 6.07) is 10.8. The fourth-order valence-corrected chi connectivity index (χ4v) is 4.07. The molecule has 26 heavy (non-hydrogen) atoms. The minimum Gasteiger partial charge on any atom is -0.299 e. The third kappa shape index (κ3) is 2.62. The van der Waals surface area contributed by atoms with Crippen molar-refractivity contribution in [2.45, 2.75) is 26.2 Å². The van der Waals surface area contributed by atoms with Crippen molar-refractivity contribution in [2.75, 3.05) is 0 Å². The van der Waals surface area contributed by atoms with Crippen molar-refractivity contribution in [3.8, 4) is 0 Å². The molecule has 0 saturated heterocycles. The number of nitrogens with zero attached hydrogens (tertiary/aromatic N) is 1. The summed E-state index contributed by atoms with van der Waals surface area (Å²) >= 11 is 0. The molecule has 0 aliphatic heterocycles. The number of aromatic nitrogens is 1. The molecule has 4 heteroatoms. The Bertz CT molecular complexity index is 943. The highest BCUT2D eigenvalue weighted by Gasteiger charge is 2.43. The molecule has 2 aromatic rings. The number of benzene rings is 1. The van der Waals surface area contributed by atoms with Crippen LogP contribution >= 0.6 is 0 Å². The first kappa shape index (κ1) is 16.6. The second kappa shape index (κ2) is 6.45. The van der Waals surface area contributed by atoms with Crippen LogP contribution in [-0.4, -0.2) is 22.3 Å². The SMILES string of the molecule is CC1C(=O)CC(CCc2ccncc2)C2=C1C(=O)c1ccccc1C2=O. The number of carbonyl (C=O) groups excluding carboxylic acids is 3. The van der Waals surface area contributed by atoms with Gasteiger partial charge in [-0.25, -0.2) is 0 Å². The van der Waals surface area contributed by atoms with Crippen LogP contribution in [0.3, 0.4) is 0 Å². The lowest BCUT2D eigenvalue weighted by atomic mass is 9.67. The van der Waals surface area contributed by atoms with Crippen molar-refractivity contribution in [1.82, 2.24) is 4.98 Å². The molecule has 0 saturated carbocycles. The molecule has 0 bridgehead atoms. The number of ketones is 3. The maximum atomic E-state index is 13.1. The van der Waals surface area contributed by atoms with Crippen LogP contribution in [-0.2, 0) is 11.2 Å². The van der Waals surface area contributed by atoms with E-state index >= 15 is 0 Å². The third-order valence-electron chi connectivity index (χ3n) is 5.50. The second-order valence-electron chi connectivity index (χ2n) is 7.01. The van der Waals surface area contributed by atoms with Crippen molar-refractivity contribution in [2.24, 2.45) is 11.8 Å². The highest BCUT2D eigenvalue weighted by atomic mass is 16.1. The van der Waals surface area contributed by atoms with Gasteiger partial charge in [0.2, 0.25) is 0 Å². The Kier molecular flexibility index (Phi) is 4.11. The van der Waals surface area contributed by atoms with Gasteiger partial charge in [0.1, 0.15) is 5.78 Å². The lowest BCUT2D eigenvalue weighted by molar-refractivity contribution is -0.122. The number of rotatable bonds is 3. The van der Waals surface area contributed by atoms with Crippen molar-refractivity contribution < 1.29 is 14.4 Å². The first-order valence-electron chi connectivity index (χ1n) is 8.92. The standard InChI is InChI=1S/C22H19NO3/c1-13-18(24)12-15(7-6-14-8-10-23-11-9-14)20-19(13)21(25)16-4-2-3-5-17(16)22(20)26/h2-5,8-11,13,15H,6-7,12H2,1H3. The molecular formula is C22H19NO3. The molecular weight excluding hydrogens is 326 g/mol. The lowest BCUT2D eigenvalue weighted by Crippen LogP contribution is -2.37.